The second-order valence-corrected chi connectivity index (χ2v) is 11.9. The van der Waals surface area contributed by atoms with E-state index >= 15 is 0 Å². The van der Waals surface area contributed by atoms with Crippen LogP contribution in [0.3, 0.4) is 0 Å². The molecule has 44 heavy (non-hydrogen) atoms. The maximum absolute atomic E-state index is 14.2. The largest absolute Gasteiger partial charge is 0.284 e. The number of rotatable bonds is 13. The van der Waals surface area contributed by atoms with Gasteiger partial charge in [0, 0.05) is 40.1 Å². The highest BCUT2D eigenvalue weighted by Gasteiger charge is 2.38. The molecule has 0 N–H and O–H groups in total. The number of fused-ring (bicyclic) bond motifs is 2. The zero-order chi connectivity index (χ0) is 31.1. The molecule has 5 aromatic rings. The number of amides is 2. The lowest BCUT2D eigenvalue weighted by Crippen LogP contribution is -2.47. The summed E-state index contributed by atoms with van der Waals surface area (Å²) in [7, 11) is 0. The van der Waals surface area contributed by atoms with Crippen LogP contribution in [0.4, 0.5) is 11.4 Å². The number of hydrogen-bond donors (Lipinski definition) is 0. The van der Waals surface area contributed by atoms with E-state index < -0.39 is 9.85 Å². The number of non-ortho nitro benzene ring substituents is 2. The molecular weight excluding hydrogens is 558 g/mol. The first-order valence-electron chi connectivity index (χ1n) is 15.7. The van der Waals surface area contributed by atoms with Crippen LogP contribution in [0.15, 0.2) is 48.5 Å². The van der Waals surface area contributed by atoms with E-state index in [4.69, 9.17) is 0 Å². The Balaban J connectivity index is 1.54. The Morgan fingerprint density at radius 2 is 0.977 bits per heavy atom. The summed E-state index contributed by atoms with van der Waals surface area (Å²) in [6.07, 6.45) is 10.1. The van der Waals surface area contributed by atoms with Gasteiger partial charge in [0.25, 0.3) is 23.2 Å². The van der Waals surface area contributed by atoms with Gasteiger partial charge in [0.05, 0.1) is 9.85 Å². The SMILES string of the molecule is CCCCCCC(CCCCCC)N1C(=O)c2ccc3c4ccc([N+](=O)[O-])c5c([N+](=O)[O-])ccc(c6ccc(c2c36)C1=O)c54. The monoisotopic (exact) mass is 593 g/mol. The van der Waals surface area contributed by atoms with Gasteiger partial charge in [-0.1, -0.05) is 77.3 Å². The lowest BCUT2D eigenvalue weighted by molar-refractivity contribution is -0.390. The van der Waals surface area contributed by atoms with E-state index in [0.717, 1.165) is 69.6 Å². The van der Waals surface area contributed by atoms with E-state index in [2.05, 4.69) is 13.8 Å². The van der Waals surface area contributed by atoms with Crippen molar-refractivity contribution in [3.8, 4) is 0 Å². The Hall–Kier alpha value is -4.66. The van der Waals surface area contributed by atoms with E-state index in [1.807, 2.05) is 12.1 Å². The summed E-state index contributed by atoms with van der Waals surface area (Å²) < 4.78 is 0. The number of nitro benzene ring substituents is 2. The van der Waals surface area contributed by atoms with Gasteiger partial charge in [-0.05, 0) is 64.0 Å². The van der Waals surface area contributed by atoms with Crippen LogP contribution >= 0.6 is 0 Å². The molecule has 0 aromatic heterocycles. The summed E-state index contributed by atoms with van der Waals surface area (Å²) in [6.45, 7) is 4.33. The third-order valence-electron chi connectivity index (χ3n) is 9.30. The summed E-state index contributed by atoms with van der Waals surface area (Å²) in [5.41, 5.74) is 0.263. The molecule has 0 saturated carbocycles. The third kappa shape index (κ3) is 4.62. The van der Waals surface area contributed by atoms with Gasteiger partial charge in [0.1, 0.15) is 5.39 Å². The molecule has 0 bridgehead atoms. The van der Waals surface area contributed by atoms with E-state index in [1.165, 1.54) is 17.0 Å². The number of carbonyl (C=O) groups excluding carboxylic acids is 2. The van der Waals surface area contributed by atoms with Crippen LogP contribution in [-0.4, -0.2) is 32.6 Å². The first-order valence-corrected chi connectivity index (χ1v) is 15.7. The molecule has 5 aromatic carbocycles. The molecule has 1 heterocycles. The average molecular weight is 594 g/mol. The fourth-order valence-electron chi connectivity index (χ4n) is 7.21. The highest BCUT2D eigenvalue weighted by molar-refractivity contribution is 6.39. The van der Waals surface area contributed by atoms with E-state index in [1.54, 1.807) is 24.3 Å². The molecule has 1 aliphatic heterocycles. The second-order valence-electron chi connectivity index (χ2n) is 11.9. The summed E-state index contributed by atoms with van der Waals surface area (Å²) >= 11 is 0. The Labute approximate surface area is 254 Å². The fraction of sp³-hybridized carbons (Fsp3) is 0.371. The van der Waals surface area contributed by atoms with Crippen LogP contribution in [-0.2, 0) is 0 Å². The molecule has 0 atom stereocenters. The molecule has 6 rings (SSSR count). The zero-order valence-electron chi connectivity index (χ0n) is 25.1. The molecule has 0 fully saturated rings. The molecule has 1 aliphatic rings. The Bertz CT molecular complexity index is 1840. The van der Waals surface area contributed by atoms with E-state index in [-0.39, 0.29) is 34.6 Å². The number of unbranched alkanes of at least 4 members (excludes halogenated alkanes) is 6. The van der Waals surface area contributed by atoms with Crippen molar-refractivity contribution in [3.05, 3.63) is 79.9 Å². The number of hydrogen-bond acceptors (Lipinski definition) is 6. The lowest BCUT2D eigenvalue weighted by Gasteiger charge is -2.34. The van der Waals surface area contributed by atoms with Crippen molar-refractivity contribution >= 4 is 66.3 Å². The number of imide groups is 1. The van der Waals surface area contributed by atoms with Crippen molar-refractivity contribution < 1.29 is 19.4 Å². The quantitative estimate of drug-likeness (QED) is 0.0334. The maximum atomic E-state index is 14.2. The topological polar surface area (TPSA) is 124 Å². The summed E-state index contributed by atoms with van der Waals surface area (Å²) in [6, 6.07) is 12.8. The van der Waals surface area contributed by atoms with Gasteiger partial charge < -0.3 is 0 Å². The van der Waals surface area contributed by atoms with E-state index in [0.29, 0.717) is 43.4 Å². The molecule has 0 radical (unpaired) electrons. The number of carbonyl (C=O) groups is 2. The molecule has 0 aliphatic carbocycles. The molecule has 0 unspecified atom stereocenters. The van der Waals surface area contributed by atoms with Crippen LogP contribution in [0.2, 0.25) is 0 Å². The first kappa shape index (κ1) is 29.4. The first-order chi connectivity index (χ1) is 21.3. The van der Waals surface area contributed by atoms with Gasteiger partial charge in [-0.25, -0.2) is 0 Å². The van der Waals surface area contributed by atoms with Crippen molar-refractivity contribution in [1.29, 1.82) is 0 Å². The average Bonchev–Trinajstić information content (AvgIpc) is 3.01. The van der Waals surface area contributed by atoms with Crippen molar-refractivity contribution in [1.82, 2.24) is 4.90 Å². The molecule has 0 spiro atoms. The van der Waals surface area contributed by atoms with Gasteiger partial charge in [-0.2, -0.15) is 0 Å². The van der Waals surface area contributed by atoms with Crippen molar-refractivity contribution in [3.63, 3.8) is 0 Å². The minimum Gasteiger partial charge on any atom is -0.271 e. The van der Waals surface area contributed by atoms with E-state index in [9.17, 15) is 29.8 Å². The van der Waals surface area contributed by atoms with Gasteiger partial charge in [-0.3, -0.25) is 34.7 Å². The molecule has 226 valence electrons. The molecule has 2 amide bonds. The Morgan fingerprint density at radius 1 is 0.568 bits per heavy atom. The molecule has 9 nitrogen and oxygen atoms in total. The molecular formula is C35H35N3O6. The van der Waals surface area contributed by atoms with Gasteiger partial charge in [0.2, 0.25) is 0 Å². The van der Waals surface area contributed by atoms with Crippen LogP contribution < -0.4 is 0 Å². The smallest absolute Gasteiger partial charge is 0.271 e. The van der Waals surface area contributed by atoms with Crippen LogP contribution in [0.1, 0.15) is 98.8 Å². The highest BCUT2D eigenvalue weighted by Crippen LogP contribution is 2.47. The van der Waals surface area contributed by atoms with Crippen LogP contribution in [0, 0.1) is 20.2 Å². The van der Waals surface area contributed by atoms with Gasteiger partial charge in [-0.15, -0.1) is 0 Å². The Morgan fingerprint density at radius 3 is 1.39 bits per heavy atom. The van der Waals surface area contributed by atoms with Crippen molar-refractivity contribution in [2.24, 2.45) is 0 Å². The standard InChI is InChI=1S/C35H35N3O6/c1-3-5-7-9-11-21(12-10-8-6-4-2)36-34(39)26-15-13-22-24-17-19-28(37(41)42)33-29(38(43)44)20-18-25(31(24)33)23-14-16-27(35(36)40)32(26)30(22)23/h13-21H,3-12H2,1-2H3. The van der Waals surface area contributed by atoms with Gasteiger partial charge >= 0.3 is 0 Å². The minimum atomic E-state index is -0.599. The summed E-state index contributed by atoms with van der Waals surface area (Å²) in [5.74, 6) is -0.573. The minimum absolute atomic E-state index is 0.0265. The predicted molar refractivity (Wildman–Crippen MR) is 173 cm³/mol. The Kier molecular flexibility index (Phi) is 7.88. The normalized spacial score (nSPS) is 13.4. The van der Waals surface area contributed by atoms with Crippen LogP contribution in [0.5, 0.6) is 0 Å². The van der Waals surface area contributed by atoms with Crippen molar-refractivity contribution in [2.75, 3.05) is 0 Å². The third-order valence-corrected chi connectivity index (χ3v) is 9.30. The fourth-order valence-corrected chi connectivity index (χ4v) is 7.21. The molecule has 0 saturated heterocycles. The zero-order valence-corrected chi connectivity index (χ0v) is 25.1. The second kappa shape index (κ2) is 11.8. The van der Waals surface area contributed by atoms with Crippen molar-refractivity contribution in [2.45, 2.75) is 84.1 Å². The lowest BCUT2D eigenvalue weighted by atomic mass is 9.83. The summed E-state index contributed by atoms with van der Waals surface area (Å²) in [5, 5.41) is 28.2. The maximum Gasteiger partial charge on any atom is 0.284 e. The number of nitro groups is 2. The van der Waals surface area contributed by atoms with Crippen LogP contribution in [0.25, 0.3) is 43.1 Å². The highest BCUT2D eigenvalue weighted by atomic mass is 16.6. The predicted octanol–water partition coefficient (Wildman–Crippen LogP) is 9.46. The summed E-state index contributed by atoms with van der Waals surface area (Å²) in [4.78, 5) is 52.6. The molecule has 9 heteroatoms. The van der Waals surface area contributed by atoms with Gasteiger partial charge in [0.15, 0.2) is 0 Å². The number of benzene rings is 5. The number of nitrogens with zero attached hydrogens (tertiary/aromatic N) is 3.